The van der Waals surface area contributed by atoms with Gasteiger partial charge in [0.05, 0.1) is 25.4 Å². The van der Waals surface area contributed by atoms with Crippen molar-refractivity contribution < 1.29 is 71.0 Å². The number of nitrogens with zero attached hydrogens (tertiary/aromatic N) is 2. The molecule has 0 radical (unpaired) electrons. The number of nitrogens with two attached hydrogens (primary N) is 1. The minimum atomic E-state index is -5.43. The third-order valence-corrected chi connectivity index (χ3v) is 15.9. The van der Waals surface area contributed by atoms with Crippen LogP contribution in [-0.4, -0.2) is 97.9 Å². The normalized spacial score (nSPS) is 22.4. The van der Waals surface area contributed by atoms with Crippen molar-refractivity contribution in [2.75, 3.05) is 25.6 Å². The Kier molecular flexibility index (Phi) is 32.3. The number of epoxide rings is 1. The number of anilines is 1. The topological polar surface area (TPSA) is 278 Å². The molecule has 10 atom stereocenters. The maximum absolute atomic E-state index is 12.9. The van der Waals surface area contributed by atoms with Gasteiger partial charge in [-0.25, -0.2) is 13.9 Å². The Morgan fingerprint density at radius 1 is 0.736 bits per heavy atom. The molecule has 0 amide bonds. The van der Waals surface area contributed by atoms with Crippen LogP contribution < -0.4 is 11.4 Å². The Hall–Kier alpha value is -2.54. The van der Waals surface area contributed by atoms with Crippen LogP contribution in [0, 0.1) is 5.92 Å². The summed E-state index contributed by atoms with van der Waals surface area (Å²) in [6.07, 6.45) is 28.7. The first-order valence-electron chi connectivity index (χ1n) is 27.2. The number of aliphatic hydroxyl groups excluding tert-OH is 2. The van der Waals surface area contributed by atoms with E-state index in [4.69, 9.17) is 33.7 Å². The predicted octanol–water partition coefficient (Wildman–Crippen LogP) is 10.5. The standard InChI is InChI=1S/C51H91N3O16P2/c1-4-6-7-8-21-26-31-42-43(68-42)32-27-22-19-24-29-34-47(56)67-41(37-64-46(55)33-28-23-18-16-14-12-10-9-11-13-15-17-20-25-30-40(3)5-2)38-65-71(60,61)70-72(62,63)66-39-44-48(57)49(58)50(69-44)54-36-35-45(52)53-51(54)59/h21,26,35-36,40-44,48-50,57-58H,4-20,22-25,27-34,37-39H2,1-3H3,(H,60,61)(H,62,63)(H2,52,53,59)/b26-21-/t40?,41-,42?,43?,44-,48-,49-,50-/m1/s1. The number of hydrogen-bond donors (Lipinski definition) is 5. The van der Waals surface area contributed by atoms with Crippen LogP contribution in [0.4, 0.5) is 5.82 Å². The van der Waals surface area contributed by atoms with Crippen LogP contribution in [0.1, 0.15) is 213 Å². The summed E-state index contributed by atoms with van der Waals surface area (Å²) >= 11 is 0. The maximum Gasteiger partial charge on any atom is 0.481 e. The number of phosphoric acid groups is 2. The van der Waals surface area contributed by atoms with Crippen LogP contribution in [-0.2, 0) is 51.0 Å². The lowest BCUT2D eigenvalue weighted by atomic mass is 9.99. The zero-order valence-corrected chi connectivity index (χ0v) is 45.4. The number of nitrogen functional groups attached to an aromatic ring is 1. The van der Waals surface area contributed by atoms with Gasteiger partial charge in [0.25, 0.3) is 0 Å². The fraction of sp³-hybridized carbons (Fsp3) is 0.843. The molecule has 3 heterocycles. The molecule has 2 aliphatic heterocycles. The molecule has 1 aromatic heterocycles. The summed E-state index contributed by atoms with van der Waals surface area (Å²) in [7, 11) is -10.9. The number of carbonyl (C=O) groups is 2. The third-order valence-electron chi connectivity index (χ3n) is 13.3. The fourth-order valence-corrected chi connectivity index (χ4v) is 10.7. The lowest BCUT2D eigenvalue weighted by Gasteiger charge is -2.21. The van der Waals surface area contributed by atoms with Gasteiger partial charge in [0, 0.05) is 19.0 Å². The van der Waals surface area contributed by atoms with Crippen molar-refractivity contribution >= 4 is 33.4 Å². The smallest absolute Gasteiger partial charge is 0.462 e. The Balaban J connectivity index is 1.37. The second kappa shape index (κ2) is 36.4. The van der Waals surface area contributed by atoms with Crippen molar-refractivity contribution in [2.45, 2.75) is 250 Å². The molecule has 2 saturated heterocycles. The molecule has 0 aromatic carbocycles. The van der Waals surface area contributed by atoms with Crippen LogP contribution in [0.3, 0.4) is 0 Å². The molecule has 0 aliphatic carbocycles. The zero-order valence-electron chi connectivity index (χ0n) is 43.6. The lowest BCUT2D eigenvalue weighted by Crippen LogP contribution is -2.36. The second-order valence-corrected chi connectivity index (χ2v) is 22.8. The molecule has 0 spiro atoms. The Bertz CT molecular complexity index is 1840. The number of esters is 2. The van der Waals surface area contributed by atoms with E-state index in [1.807, 2.05) is 0 Å². The van der Waals surface area contributed by atoms with E-state index >= 15 is 0 Å². The largest absolute Gasteiger partial charge is 0.481 e. The van der Waals surface area contributed by atoms with Crippen LogP contribution in [0.2, 0.25) is 0 Å². The number of phosphoric ester groups is 2. The number of unbranched alkanes of at least 4 members (excludes halogenated alkanes) is 20. The Morgan fingerprint density at radius 3 is 1.93 bits per heavy atom. The van der Waals surface area contributed by atoms with E-state index in [1.54, 1.807) is 0 Å². The summed E-state index contributed by atoms with van der Waals surface area (Å²) in [6.45, 7) is 4.49. The SMILES string of the molecule is CCCCC/C=C\CC1OC1CCCCCCCC(=O)O[C@H](COC(=O)CCCCCCCCCCCCCCCCC(C)CC)COP(=O)(O)OP(=O)(O)OC[C@H]1O[C@@H](n2ccc(N)nc2=O)[C@H](O)[C@@H]1O. The van der Waals surface area contributed by atoms with Gasteiger partial charge in [0.1, 0.15) is 30.7 Å². The van der Waals surface area contributed by atoms with Crippen LogP contribution in [0.15, 0.2) is 29.2 Å². The highest BCUT2D eigenvalue weighted by molar-refractivity contribution is 7.61. The predicted molar refractivity (Wildman–Crippen MR) is 275 cm³/mol. The van der Waals surface area contributed by atoms with Crippen molar-refractivity contribution in [3.8, 4) is 0 Å². The summed E-state index contributed by atoms with van der Waals surface area (Å²) in [6, 6.07) is 1.25. The lowest BCUT2D eigenvalue weighted by molar-refractivity contribution is -0.161. The van der Waals surface area contributed by atoms with Crippen LogP contribution in [0.25, 0.3) is 0 Å². The van der Waals surface area contributed by atoms with Crippen molar-refractivity contribution in [1.82, 2.24) is 9.55 Å². The average Bonchev–Trinajstić information content (AvgIpc) is 4.03. The highest BCUT2D eigenvalue weighted by Gasteiger charge is 2.46. The van der Waals surface area contributed by atoms with Gasteiger partial charge in [-0.2, -0.15) is 9.29 Å². The van der Waals surface area contributed by atoms with Crippen molar-refractivity contribution in [1.29, 1.82) is 0 Å². The van der Waals surface area contributed by atoms with Crippen molar-refractivity contribution in [2.24, 2.45) is 5.92 Å². The van der Waals surface area contributed by atoms with Crippen molar-refractivity contribution in [3.05, 3.63) is 34.9 Å². The zero-order chi connectivity index (χ0) is 52.6. The molecule has 2 aliphatic rings. The molecular formula is C51H91N3O16P2. The minimum absolute atomic E-state index is 0.0304. The number of carbonyl (C=O) groups excluding carboxylic acids is 2. The average molecular weight is 1060 g/mol. The van der Waals surface area contributed by atoms with Crippen LogP contribution in [0.5, 0.6) is 0 Å². The monoisotopic (exact) mass is 1060 g/mol. The van der Waals surface area contributed by atoms with Gasteiger partial charge >= 0.3 is 33.3 Å². The highest BCUT2D eigenvalue weighted by Crippen LogP contribution is 2.60. The van der Waals surface area contributed by atoms with Gasteiger partial charge < -0.3 is 44.7 Å². The number of rotatable bonds is 44. The molecule has 0 saturated carbocycles. The molecule has 3 rings (SSSR count). The fourth-order valence-electron chi connectivity index (χ4n) is 8.59. The number of ether oxygens (including phenoxy) is 4. The minimum Gasteiger partial charge on any atom is -0.462 e. The molecule has 19 nitrogen and oxygen atoms in total. The Labute approximate surface area is 428 Å². The summed E-state index contributed by atoms with van der Waals surface area (Å²) < 4.78 is 62.7. The van der Waals surface area contributed by atoms with Gasteiger partial charge in [-0.15, -0.1) is 0 Å². The van der Waals surface area contributed by atoms with E-state index in [0.717, 1.165) is 81.1 Å². The molecule has 72 heavy (non-hydrogen) atoms. The number of allylic oxidation sites excluding steroid dienone is 1. The van der Waals surface area contributed by atoms with Crippen molar-refractivity contribution in [3.63, 3.8) is 0 Å². The first-order chi connectivity index (χ1) is 34.5. The quantitative estimate of drug-likeness (QED) is 0.0134. The van der Waals surface area contributed by atoms with E-state index < -0.39 is 83.7 Å². The van der Waals surface area contributed by atoms with Gasteiger partial charge in [-0.3, -0.25) is 23.2 Å². The number of aromatic nitrogens is 2. The highest BCUT2D eigenvalue weighted by atomic mass is 31.3. The molecule has 2 fully saturated rings. The van der Waals surface area contributed by atoms with E-state index in [9.17, 15) is 43.5 Å². The van der Waals surface area contributed by atoms with Crippen LogP contribution >= 0.6 is 15.6 Å². The summed E-state index contributed by atoms with van der Waals surface area (Å²) in [4.78, 5) is 62.1. The summed E-state index contributed by atoms with van der Waals surface area (Å²) in [5.41, 5.74) is 4.60. The van der Waals surface area contributed by atoms with Gasteiger partial charge in [-0.1, -0.05) is 168 Å². The first kappa shape index (κ1) is 63.8. The molecule has 0 bridgehead atoms. The first-order valence-corrected chi connectivity index (χ1v) is 30.2. The summed E-state index contributed by atoms with van der Waals surface area (Å²) in [5.74, 6) is -0.460. The molecule has 21 heteroatoms. The van der Waals surface area contributed by atoms with Gasteiger partial charge in [0.15, 0.2) is 12.3 Å². The summed E-state index contributed by atoms with van der Waals surface area (Å²) in [5, 5.41) is 20.9. The van der Waals surface area contributed by atoms with Gasteiger partial charge in [-0.05, 0) is 50.5 Å². The van der Waals surface area contributed by atoms with Gasteiger partial charge in [0.2, 0.25) is 0 Å². The van der Waals surface area contributed by atoms with E-state index in [1.165, 1.54) is 102 Å². The molecule has 6 N–H and O–H groups in total. The van der Waals surface area contributed by atoms with E-state index in [-0.39, 0.29) is 18.7 Å². The third kappa shape index (κ3) is 28.4. The number of aliphatic hydroxyl groups is 2. The molecule has 1 aromatic rings. The maximum atomic E-state index is 12.9. The van der Waals surface area contributed by atoms with E-state index in [0.29, 0.717) is 25.0 Å². The van der Waals surface area contributed by atoms with E-state index in [2.05, 4.69) is 42.2 Å². The number of hydrogen-bond acceptors (Lipinski definition) is 16. The Morgan fingerprint density at radius 2 is 1.32 bits per heavy atom. The molecular weight excluding hydrogens is 973 g/mol. The second-order valence-electron chi connectivity index (χ2n) is 19.7. The molecule has 5 unspecified atom stereocenters. The molecule has 416 valence electrons.